The van der Waals surface area contributed by atoms with Crippen molar-refractivity contribution in [1.82, 2.24) is 15.3 Å². The molecular weight excluding hydrogens is 306 g/mol. The quantitative estimate of drug-likeness (QED) is 0.670. The zero-order valence-electron chi connectivity index (χ0n) is 13.6. The second kappa shape index (κ2) is 6.72. The maximum Gasteiger partial charge on any atom is 0.252 e. The van der Waals surface area contributed by atoms with Crippen LogP contribution in [0.3, 0.4) is 0 Å². The van der Waals surface area contributed by atoms with Crippen LogP contribution in [0.2, 0.25) is 0 Å². The van der Waals surface area contributed by atoms with Gasteiger partial charge in [-0.2, -0.15) is 0 Å². The van der Waals surface area contributed by atoms with Crippen molar-refractivity contribution in [2.24, 2.45) is 0 Å². The highest BCUT2D eigenvalue weighted by Gasteiger charge is 2.08. The van der Waals surface area contributed by atoms with Gasteiger partial charge in [0.15, 0.2) is 0 Å². The van der Waals surface area contributed by atoms with Crippen LogP contribution in [0.5, 0.6) is 5.75 Å². The van der Waals surface area contributed by atoms with E-state index in [1.54, 1.807) is 25.4 Å². The van der Waals surface area contributed by atoms with Crippen LogP contribution in [0, 0.1) is 0 Å². The number of benzene rings is 1. The molecule has 1 aromatic carbocycles. The summed E-state index contributed by atoms with van der Waals surface area (Å²) >= 11 is 0. The first-order valence-corrected chi connectivity index (χ1v) is 7.69. The van der Waals surface area contributed by atoms with Gasteiger partial charge in [-0.05, 0) is 42.1 Å². The summed E-state index contributed by atoms with van der Waals surface area (Å²) in [6.45, 7) is 2.36. The van der Waals surface area contributed by atoms with Gasteiger partial charge in [0.2, 0.25) is 5.56 Å². The van der Waals surface area contributed by atoms with Gasteiger partial charge < -0.3 is 20.0 Å². The average molecular weight is 325 g/mol. The molecule has 6 nitrogen and oxygen atoms in total. The zero-order chi connectivity index (χ0) is 17.1. The smallest absolute Gasteiger partial charge is 0.252 e. The van der Waals surface area contributed by atoms with E-state index >= 15 is 0 Å². The SMILES string of the molecule is COc1ccc2cc(CNC(C)c3cc[nH]c(=O)c3)c(=O)[nH]c2c1. The Morgan fingerprint density at radius 2 is 2.00 bits per heavy atom. The van der Waals surface area contributed by atoms with Crippen molar-refractivity contribution in [3.05, 3.63) is 74.4 Å². The summed E-state index contributed by atoms with van der Waals surface area (Å²) in [5.74, 6) is 0.701. The second-order valence-corrected chi connectivity index (χ2v) is 5.67. The van der Waals surface area contributed by atoms with Crippen molar-refractivity contribution in [3.8, 4) is 5.75 Å². The number of methoxy groups -OCH3 is 1. The minimum atomic E-state index is -0.140. The molecule has 0 bridgehead atoms. The third-order valence-corrected chi connectivity index (χ3v) is 4.03. The molecule has 0 fully saturated rings. The lowest BCUT2D eigenvalue weighted by Gasteiger charge is -2.14. The molecule has 0 saturated heterocycles. The van der Waals surface area contributed by atoms with Crippen LogP contribution >= 0.6 is 0 Å². The summed E-state index contributed by atoms with van der Waals surface area (Å²) in [6.07, 6.45) is 1.62. The summed E-state index contributed by atoms with van der Waals surface area (Å²) in [5.41, 5.74) is 1.98. The molecule has 124 valence electrons. The van der Waals surface area contributed by atoms with Gasteiger partial charge in [-0.3, -0.25) is 9.59 Å². The van der Waals surface area contributed by atoms with Crippen LogP contribution in [0.25, 0.3) is 10.9 Å². The van der Waals surface area contributed by atoms with Gasteiger partial charge in [0.05, 0.1) is 12.6 Å². The fourth-order valence-electron chi connectivity index (χ4n) is 2.60. The number of rotatable bonds is 5. The normalized spacial score (nSPS) is 12.2. The van der Waals surface area contributed by atoms with Crippen LogP contribution < -0.4 is 21.2 Å². The number of hydrogen-bond donors (Lipinski definition) is 3. The minimum absolute atomic E-state index is 0.0433. The van der Waals surface area contributed by atoms with Gasteiger partial charge in [0.1, 0.15) is 5.75 Å². The monoisotopic (exact) mass is 325 g/mol. The summed E-state index contributed by atoms with van der Waals surface area (Å²) in [4.78, 5) is 29.1. The first-order chi connectivity index (χ1) is 11.6. The van der Waals surface area contributed by atoms with E-state index < -0.39 is 0 Å². The van der Waals surface area contributed by atoms with Gasteiger partial charge in [-0.25, -0.2) is 0 Å². The Morgan fingerprint density at radius 1 is 1.17 bits per heavy atom. The Kier molecular flexibility index (Phi) is 4.48. The molecule has 3 rings (SSSR count). The van der Waals surface area contributed by atoms with E-state index in [2.05, 4.69) is 15.3 Å². The topological polar surface area (TPSA) is 87.0 Å². The largest absolute Gasteiger partial charge is 0.497 e. The molecule has 0 aliphatic heterocycles. The number of pyridine rings is 2. The van der Waals surface area contributed by atoms with E-state index in [1.165, 1.54) is 0 Å². The van der Waals surface area contributed by atoms with E-state index in [0.717, 1.165) is 16.5 Å². The summed E-state index contributed by atoms with van der Waals surface area (Å²) in [7, 11) is 1.59. The Hall–Kier alpha value is -2.86. The minimum Gasteiger partial charge on any atom is -0.497 e. The molecule has 0 spiro atoms. The number of hydrogen-bond acceptors (Lipinski definition) is 4. The number of aromatic amines is 2. The lowest BCUT2D eigenvalue weighted by atomic mass is 10.1. The Bertz CT molecular complexity index is 975. The molecular formula is C18H19N3O3. The van der Waals surface area contributed by atoms with Crippen molar-refractivity contribution in [3.63, 3.8) is 0 Å². The fourth-order valence-corrected chi connectivity index (χ4v) is 2.60. The Labute approximate surface area is 138 Å². The predicted molar refractivity (Wildman–Crippen MR) is 93.4 cm³/mol. The molecule has 3 N–H and O–H groups in total. The molecule has 24 heavy (non-hydrogen) atoms. The predicted octanol–water partition coefficient (Wildman–Crippen LogP) is 2.08. The third kappa shape index (κ3) is 3.38. The summed E-state index contributed by atoms with van der Waals surface area (Å²) in [5, 5.41) is 4.21. The number of fused-ring (bicyclic) bond motifs is 1. The molecule has 1 atom stereocenters. The molecule has 2 heterocycles. The van der Waals surface area contributed by atoms with E-state index in [4.69, 9.17) is 4.74 Å². The molecule has 3 aromatic rings. The van der Waals surface area contributed by atoms with E-state index in [1.807, 2.05) is 31.2 Å². The Balaban J connectivity index is 1.81. The number of H-pyrrole nitrogens is 2. The zero-order valence-corrected chi connectivity index (χ0v) is 13.6. The van der Waals surface area contributed by atoms with Crippen molar-refractivity contribution in [2.45, 2.75) is 19.5 Å². The van der Waals surface area contributed by atoms with Crippen LogP contribution in [-0.2, 0) is 6.54 Å². The first-order valence-electron chi connectivity index (χ1n) is 7.69. The molecule has 1 unspecified atom stereocenters. The van der Waals surface area contributed by atoms with E-state index in [9.17, 15) is 9.59 Å². The average Bonchev–Trinajstić information content (AvgIpc) is 2.59. The molecule has 0 aliphatic rings. The maximum atomic E-state index is 12.2. The van der Waals surface area contributed by atoms with Crippen LogP contribution in [0.15, 0.2) is 52.2 Å². The highest BCUT2D eigenvalue weighted by Crippen LogP contribution is 2.18. The van der Waals surface area contributed by atoms with E-state index in [0.29, 0.717) is 17.9 Å². The molecule has 2 aromatic heterocycles. The highest BCUT2D eigenvalue weighted by molar-refractivity contribution is 5.80. The summed E-state index contributed by atoms with van der Waals surface area (Å²) < 4.78 is 5.17. The maximum absolute atomic E-state index is 12.2. The number of ether oxygens (including phenoxy) is 1. The van der Waals surface area contributed by atoms with Crippen molar-refractivity contribution < 1.29 is 4.74 Å². The molecule has 0 amide bonds. The van der Waals surface area contributed by atoms with Crippen LogP contribution in [-0.4, -0.2) is 17.1 Å². The molecule has 6 heteroatoms. The van der Waals surface area contributed by atoms with Gasteiger partial charge in [-0.15, -0.1) is 0 Å². The van der Waals surface area contributed by atoms with Gasteiger partial charge in [-0.1, -0.05) is 0 Å². The number of nitrogens with one attached hydrogen (secondary N) is 3. The Morgan fingerprint density at radius 3 is 2.75 bits per heavy atom. The third-order valence-electron chi connectivity index (χ3n) is 4.03. The lowest BCUT2D eigenvalue weighted by molar-refractivity contribution is 0.415. The van der Waals surface area contributed by atoms with Gasteiger partial charge >= 0.3 is 0 Å². The van der Waals surface area contributed by atoms with E-state index in [-0.39, 0.29) is 17.2 Å². The number of aromatic nitrogens is 2. The van der Waals surface area contributed by atoms with Crippen LogP contribution in [0.1, 0.15) is 24.1 Å². The van der Waals surface area contributed by atoms with Crippen LogP contribution in [0.4, 0.5) is 0 Å². The lowest BCUT2D eigenvalue weighted by Crippen LogP contribution is -2.24. The standard InChI is InChI=1S/C18H19N3O3/c1-11(12-5-6-19-17(22)8-12)20-10-14-7-13-3-4-15(24-2)9-16(13)21-18(14)23/h3-9,11,20H,10H2,1-2H3,(H,19,22)(H,21,23). The van der Waals surface area contributed by atoms with Crippen molar-refractivity contribution >= 4 is 10.9 Å². The molecule has 0 aliphatic carbocycles. The van der Waals surface area contributed by atoms with Gasteiger partial charge in [0.25, 0.3) is 5.56 Å². The highest BCUT2D eigenvalue weighted by atomic mass is 16.5. The summed E-state index contributed by atoms with van der Waals surface area (Å²) in [6, 6.07) is 10.8. The van der Waals surface area contributed by atoms with Crippen molar-refractivity contribution in [2.75, 3.05) is 7.11 Å². The second-order valence-electron chi connectivity index (χ2n) is 5.67. The molecule has 0 saturated carbocycles. The fraction of sp³-hybridized carbons (Fsp3) is 0.222. The first kappa shape index (κ1) is 16.0. The van der Waals surface area contributed by atoms with Crippen molar-refractivity contribution in [1.29, 1.82) is 0 Å². The van der Waals surface area contributed by atoms with Gasteiger partial charge in [0, 0.05) is 36.5 Å². The molecule has 0 radical (unpaired) electrons.